The van der Waals surface area contributed by atoms with Crippen LogP contribution in [0, 0.1) is 0 Å². The molecule has 2 rings (SSSR count). The fourth-order valence-electron chi connectivity index (χ4n) is 1.26. The number of aromatic nitrogens is 1. The molecule has 0 radical (unpaired) electrons. The minimum absolute atomic E-state index is 0.801. The van der Waals surface area contributed by atoms with Crippen molar-refractivity contribution in [3.05, 3.63) is 30.2 Å². The number of hydrogen-bond donors (Lipinski definition) is 1. The van der Waals surface area contributed by atoms with Crippen LogP contribution in [0.1, 0.15) is 5.89 Å². The zero-order chi connectivity index (χ0) is 9.10. The number of oxazole rings is 1. The zero-order valence-corrected chi connectivity index (χ0v) is 7.58. The first kappa shape index (κ1) is 8.26. The minimum Gasteiger partial charge on any atom is -0.441 e. The second-order valence-corrected chi connectivity index (χ2v) is 2.93. The van der Waals surface area contributed by atoms with Crippen molar-refractivity contribution in [2.24, 2.45) is 0 Å². The van der Waals surface area contributed by atoms with Gasteiger partial charge in [-0.05, 0) is 19.2 Å². The lowest BCUT2D eigenvalue weighted by molar-refractivity contribution is 0.522. The van der Waals surface area contributed by atoms with E-state index in [9.17, 15) is 0 Å². The van der Waals surface area contributed by atoms with Gasteiger partial charge in [0.25, 0.3) is 0 Å². The molecule has 1 N–H and O–H groups in total. The lowest BCUT2D eigenvalue weighted by atomic mass is 10.3. The van der Waals surface area contributed by atoms with E-state index in [1.54, 1.807) is 0 Å². The van der Waals surface area contributed by atoms with Gasteiger partial charge in [-0.2, -0.15) is 0 Å². The van der Waals surface area contributed by atoms with Gasteiger partial charge >= 0.3 is 0 Å². The van der Waals surface area contributed by atoms with E-state index in [0.29, 0.717) is 0 Å². The first-order valence-electron chi connectivity index (χ1n) is 4.39. The molecule has 3 heteroatoms. The molecule has 0 saturated carbocycles. The molecule has 0 bridgehead atoms. The Morgan fingerprint density at radius 3 is 3.00 bits per heavy atom. The lowest BCUT2D eigenvalue weighted by Gasteiger charge is -1.91. The van der Waals surface area contributed by atoms with Crippen LogP contribution < -0.4 is 5.32 Å². The molecule has 0 aliphatic heterocycles. The molecule has 0 spiro atoms. The molecule has 0 atom stereocenters. The third-order valence-corrected chi connectivity index (χ3v) is 1.93. The van der Waals surface area contributed by atoms with Gasteiger partial charge in [0.05, 0.1) is 0 Å². The van der Waals surface area contributed by atoms with Crippen molar-refractivity contribution in [1.82, 2.24) is 10.3 Å². The standard InChI is InChI=1S/C10H12N2O/c1-11-7-6-10-12-8-4-2-3-5-9(8)13-10/h2-5,11H,6-7H2,1H3. The highest BCUT2D eigenvalue weighted by Gasteiger charge is 2.02. The Morgan fingerprint density at radius 2 is 2.23 bits per heavy atom. The quantitative estimate of drug-likeness (QED) is 0.771. The van der Waals surface area contributed by atoms with Crippen LogP contribution >= 0.6 is 0 Å². The molecule has 0 fully saturated rings. The van der Waals surface area contributed by atoms with Crippen LogP contribution in [0.25, 0.3) is 11.1 Å². The molecule has 0 aliphatic carbocycles. The number of fused-ring (bicyclic) bond motifs is 1. The maximum Gasteiger partial charge on any atom is 0.196 e. The number of rotatable bonds is 3. The van der Waals surface area contributed by atoms with Crippen molar-refractivity contribution in [3.63, 3.8) is 0 Å². The molecule has 13 heavy (non-hydrogen) atoms. The molecule has 0 aliphatic rings. The third kappa shape index (κ3) is 1.70. The Bertz CT molecular complexity index is 361. The topological polar surface area (TPSA) is 38.1 Å². The predicted molar refractivity (Wildman–Crippen MR) is 51.6 cm³/mol. The summed E-state index contributed by atoms with van der Waals surface area (Å²) in [5.74, 6) is 0.801. The number of nitrogens with one attached hydrogen (secondary N) is 1. The summed E-state index contributed by atoms with van der Waals surface area (Å²) in [6.07, 6.45) is 0.838. The first-order chi connectivity index (χ1) is 6.40. The van der Waals surface area contributed by atoms with E-state index in [-0.39, 0.29) is 0 Å². The summed E-state index contributed by atoms with van der Waals surface area (Å²) in [5.41, 5.74) is 1.81. The molecule has 1 heterocycles. The van der Waals surface area contributed by atoms with Crippen LogP contribution in [-0.4, -0.2) is 18.6 Å². The van der Waals surface area contributed by atoms with Gasteiger partial charge in [0.2, 0.25) is 0 Å². The first-order valence-corrected chi connectivity index (χ1v) is 4.39. The van der Waals surface area contributed by atoms with Crippen LogP contribution in [-0.2, 0) is 6.42 Å². The molecule has 3 nitrogen and oxygen atoms in total. The second-order valence-electron chi connectivity index (χ2n) is 2.93. The van der Waals surface area contributed by atoms with Crippen LogP contribution in [0.5, 0.6) is 0 Å². The number of para-hydroxylation sites is 2. The van der Waals surface area contributed by atoms with Gasteiger partial charge in [0.15, 0.2) is 11.5 Å². The van der Waals surface area contributed by atoms with Gasteiger partial charge in [-0.3, -0.25) is 0 Å². The summed E-state index contributed by atoms with van der Waals surface area (Å²) in [6, 6.07) is 7.81. The fourth-order valence-corrected chi connectivity index (χ4v) is 1.26. The molecule has 0 amide bonds. The maximum absolute atomic E-state index is 5.52. The number of benzene rings is 1. The number of likely N-dealkylation sites (N-methyl/N-ethyl adjacent to an activating group) is 1. The average Bonchev–Trinajstić information content (AvgIpc) is 2.57. The fraction of sp³-hybridized carbons (Fsp3) is 0.300. The predicted octanol–water partition coefficient (Wildman–Crippen LogP) is 1.59. The van der Waals surface area contributed by atoms with Gasteiger partial charge in [0.1, 0.15) is 5.52 Å². The van der Waals surface area contributed by atoms with Gasteiger partial charge < -0.3 is 9.73 Å². The Balaban J connectivity index is 2.28. The summed E-state index contributed by atoms with van der Waals surface area (Å²) in [7, 11) is 1.92. The van der Waals surface area contributed by atoms with Gasteiger partial charge in [-0.1, -0.05) is 12.1 Å². The van der Waals surface area contributed by atoms with E-state index in [1.807, 2.05) is 31.3 Å². The van der Waals surface area contributed by atoms with Crippen LogP contribution in [0.2, 0.25) is 0 Å². The smallest absolute Gasteiger partial charge is 0.196 e. The normalized spacial score (nSPS) is 10.8. The summed E-state index contributed by atoms with van der Waals surface area (Å²) in [6.45, 7) is 0.896. The average molecular weight is 176 g/mol. The van der Waals surface area contributed by atoms with E-state index in [0.717, 1.165) is 30.0 Å². The highest BCUT2D eigenvalue weighted by molar-refractivity contribution is 5.72. The Hall–Kier alpha value is -1.35. The zero-order valence-electron chi connectivity index (χ0n) is 7.58. The Morgan fingerprint density at radius 1 is 1.38 bits per heavy atom. The minimum atomic E-state index is 0.801. The molecular formula is C10H12N2O. The van der Waals surface area contributed by atoms with Crippen molar-refractivity contribution in [2.75, 3.05) is 13.6 Å². The highest BCUT2D eigenvalue weighted by Crippen LogP contribution is 2.14. The maximum atomic E-state index is 5.52. The summed E-state index contributed by atoms with van der Waals surface area (Å²) < 4.78 is 5.52. The van der Waals surface area contributed by atoms with Gasteiger partial charge in [-0.25, -0.2) is 4.98 Å². The van der Waals surface area contributed by atoms with Crippen LogP contribution in [0.15, 0.2) is 28.7 Å². The van der Waals surface area contributed by atoms with Gasteiger partial charge in [0, 0.05) is 13.0 Å². The monoisotopic (exact) mass is 176 g/mol. The number of hydrogen-bond acceptors (Lipinski definition) is 3. The summed E-state index contributed by atoms with van der Waals surface area (Å²) in [4.78, 5) is 4.34. The van der Waals surface area contributed by atoms with Crippen LogP contribution in [0.4, 0.5) is 0 Å². The summed E-state index contributed by atoms with van der Waals surface area (Å²) >= 11 is 0. The van der Waals surface area contributed by atoms with Crippen molar-refractivity contribution < 1.29 is 4.42 Å². The van der Waals surface area contributed by atoms with E-state index in [4.69, 9.17) is 4.42 Å². The molecule has 0 saturated heterocycles. The number of nitrogens with zero attached hydrogens (tertiary/aromatic N) is 1. The van der Waals surface area contributed by atoms with E-state index in [1.165, 1.54) is 0 Å². The Labute approximate surface area is 76.8 Å². The largest absolute Gasteiger partial charge is 0.441 e. The van der Waals surface area contributed by atoms with Crippen molar-refractivity contribution in [2.45, 2.75) is 6.42 Å². The van der Waals surface area contributed by atoms with Gasteiger partial charge in [-0.15, -0.1) is 0 Å². The molecule has 1 aromatic heterocycles. The third-order valence-electron chi connectivity index (χ3n) is 1.93. The molecule has 68 valence electrons. The molecule has 2 aromatic rings. The highest BCUT2D eigenvalue weighted by atomic mass is 16.3. The van der Waals surface area contributed by atoms with E-state index in [2.05, 4.69) is 10.3 Å². The van der Waals surface area contributed by atoms with Crippen molar-refractivity contribution >= 4 is 11.1 Å². The second kappa shape index (κ2) is 3.58. The Kier molecular flexibility index (Phi) is 2.27. The SMILES string of the molecule is CNCCc1nc2ccccc2o1. The molecule has 0 unspecified atom stereocenters. The van der Waals surface area contributed by atoms with Crippen molar-refractivity contribution in [1.29, 1.82) is 0 Å². The van der Waals surface area contributed by atoms with Crippen molar-refractivity contribution in [3.8, 4) is 0 Å². The molecule has 1 aromatic carbocycles. The van der Waals surface area contributed by atoms with E-state index >= 15 is 0 Å². The van der Waals surface area contributed by atoms with E-state index < -0.39 is 0 Å². The molecular weight excluding hydrogens is 164 g/mol. The summed E-state index contributed by atoms with van der Waals surface area (Å²) in [5, 5.41) is 3.06. The van der Waals surface area contributed by atoms with Crippen LogP contribution in [0.3, 0.4) is 0 Å². The lowest BCUT2D eigenvalue weighted by Crippen LogP contribution is -2.10.